The summed E-state index contributed by atoms with van der Waals surface area (Å²) >= 11 is 0. The maximum absolute atomic E-state index is 12.7. The minimum Gasteiger partial charge on any atom is -0.480 e. The number of hydrogen-bond donors (Lipinski definition) is 3. The zero-order valence-electron chi connectivity index (χ0n) is 20.1. The molecule has 1 unspecified atom stereocenters. The summed E-state index contributed by atoms with van der Waals surface area (Å²) in [6.07, 6.45) is 1.80. The summed E-state index contributed by atoms with van der Waals surface area (Å²) in [5, 5.41) is 15.1. The van der Waals surface area contributed by atoms with Crippen molar-refractivity contribution in [2.45, 2.75) is 51.1 Å². The molecule has 35 heavy (non-hydrogen) atoms. The van der Waals surface area contributed by atoms with Gasteiger partial charge in [-0.3, -0.25) is 4.79 Å². The van der Waals surface area contributed by atoms with E-state index < -0.39 is 18.1 Å². The zero-order chi connectivity index (χ0) is 24.7. The second-order valence-corrected chi connectivity index (χ2v) is 10.5. The van der Waals surface area contributed by atoms with Crippen molar-refractivity contribution in [2.75, 3.05) is 6.61 Å². The number of benzene rings is 2. The molecule has 2 aromatic carbocycles. The van der Waals surface area contributed by atoms with Crippen molar-refractivity contribution >= 4 is 18.0 Å². The van der Waals surface area contributed by atoms with Crippen molar-refractivity contribution in [1.29, 1.82) is 0 Å². The van der Waals surface area contributed by atoms with Gasteiger partial charge < -0.3 is 20.5 Å². The van der Waals surface area contributed by atoms with Crippen LogP contribution in [0.3, 0.4) is 0 Å². The van der Waals surface area contributed by atoms with Gasteiger partial charge in [-0.1, -0.05) is 62.4 Å². The Kier molecular flexibility index (Phi) is 6.26. The van der Waals surface area contributed by atoms with Gasteiger partial charge >= 0.3 is 12.1 Å². The van der Waals surface area contributed by atoms with E-state index in [0.717, 1.165) is 12.8 Å². The Morgan fingerprint density at radius 2 is 1.60 bits per heavy atom. The molecule has 0 heterocycles. The van der Waals surface area contributed by atoms with E-state index in [1.54, 1.807) is 13.8 Å². The molecule has 184 valence electrons. The number of carbonyl (C=O) groups excluding carboxylic acids is 2. The summed E-state index contributed by atoms with van der Waals surface area (Å²) in [4.78, 5) is 36.7. The van der Waals surface area contributed by atoms with Crippen molar-refractivity contribution in [3.05, 3.63) is 59.7 Å². The summed E-state index contributed by atoms with van der Waals surface area (Å²) in [5.41, 5.74) is 4.74. The maximum atomic E-state index is 12.7. The molecule has 2 fully saturated rings. The summed E-state index contributed by atoms with van der Waals surface area (Å²) in [6, 6.07) is 15.6. The van der Waals surface area contributed by atoms with E-state index in [4.69, 9.17) is 4.74 Å². The molecule has 2 amide bonds. The second-order valence-electron chi connectivity index (χ2n) is 10.5. The van der Waals surface area contributed by atoms with Gasteiger partial charge in [-0.15, -0.1) is 0 Å². The normalized spacial score (nSPS) is 25.1. The number of nitrogens with one attached hydrogen (secondary N) is 2. The molecule has 0 saturated heterocycles. The average molecular weight is 477 g/mol. The van der Waals surface area contributed by atoms with Gasteiger partial charge in [0, 0.05) is 17.9 Å². The molecular weight excluding hydrogens is 444 g/mol. The van der Waals surface area contributed by atoms with E-state index in [-0.39, 0.29) is 42.2 Å². The molecule has 7 nitrogen and oxygen atoms in total. The predicted octanol–water partition coefficient (Wildman–Crippen LogP) is 4.17. The molecular formula is C28H32N2O5. The highest BCUT2D eigenvalue weighted by atomic mass is 16.5. The smallest absolute Gasteiger partial charge is 0.407 e. The monoisotopic (exact) mass is 476 g/mol. The number of carboxylic acid groups (broad SMARTS) is 1. The molecule has 3 N–H and O–H groups in total. The highest BCUT2D eigenvalue weighted by Crippen LogP contribution is 2.50. The number of carbonyl (C=O) groups is 3. The molecule has 2 saturated carbocycles. The second kappa shape index (κ2) is 9.36. The topological polar surface area (TPSA) is 105 Å². The number of hydrogen-bond acceptors (Lipinski definition) is 4. The van der Waals surface area contributed by atoms with E-state index in [0.29, 0.717) is 12.3 Å². The minimum atomic E-state index is -1.01. The number of carboxylic acids is 1. The van der Waals surface area contributed by atoms with Crippen molar-refractivity contribution in [1.82, 2.24) is 10.6 Å². The van der Waals surface area contributed by atoms with Crippen molar-refractivity contribution in [3.63, 3.8) is 0 Å². The zero-order valence-corrected chi connectivity index (χ0v) is 20.1. The van der Waals surface area contributed by atoms with Crippen LogP contribution in [0.15, 0.2) is 48.5 Å². The van der Waals surface area contributed by atoms with Gasteiger partial charge in [0.2, 0.25) is 5.91 Å². The molecule has 0 aliphatic heterocycles. The Morgan fingerprint density at radius 1 is 0.971 bits per heavy atom. The first kappa shape index (κ1) is 23.4. The van der Waals surface area contributed by atoms with Crippen LogP contribution in [0.5, 0.6) is 0 Å². The van der Waals surface area contributed by atoms with Crippen LogP contribution in [0.4, 0.5) is 4.79 Å². The summed E-state index contributed by atoms with van der Waals surface area (Å²) in [6.45, 7) is 3.84. The van der Waals surface area contributed by atoms with E-state index >= 15 is 0 Å². The molecule has 0 aromatic heterocycles. The fourth-order valence-electron chi connectivity index (χ4n) is 6.18. The summed E-state index contributed by atoms with van der Waals surface area (Å²) < 4.78 is 5.68. The first-order valence-electron chi connectivity index (χ1n) is 12.5. The fourth-order valence-corrected chi connectivity index (χ4v) is 6.18. The number of amides is 2. The Labute approximate surface area is 205 Å². The number of aliphatic carboxylic acids is 1. The Bertz CT molecular complexity index is 1100. The molecule has 3 aliphatic carbocycles. The quantitative estimate of drug-likeness (QED) is 0.557. The summed E-state index contributed by atoms with van der Waals surface area (Å²) in [5.74, 6) is -0.965. The standard InChI is InChI=1S/C28H32N2O5/c1-15(2)25(27(32)33)30-26(31)17-11-16-13-24(22(16)12-17)29-28(34)35-14-23-20-9-5-3-7-18(20)19-8-4-6-10-21(19)23/h3-10,15-17,22-25H,11-14H2,1-2H3,(H,29,34)(H,30,31)(H,32,33)/t16-,17?,22-,24+,25-/m0/s1. The highest BCUT2D eigenvalue weighted by Gasteiger charge is 2.50. The fraction of sp³-hybridized carbons (Fsp3) is 0.464. The van der Waals surface area contributed by atoms with E-state index in [2.05, 4.69) is 34.9 Å². The van der Waals surface area contributed by atoms with Crippen LogP contribution in [-0.4, -0.2) is 41.8 Å². The maximum Gasteiger partial charge on any atom is 0.407 e. The van der Waals surface area contributed by atoms with Crippen LogP contribution in [0.25, 0.3) is 11.1 Å². The highest BCUT2D eigenvalue weighted by molar-refractivity contribution is 5.85. The largest absolute Gasteiger partial charge is 0.480 e. The van der Waals surface area contributed by atoms with Crippen LogP contribution < -0.4 is 10.6 Å². The Balaban J connectivity index is 1.14. The van der Waals surface area contributed by atoms with Crippen molar-refractivity contribution in [2.24, 2.45) is 23.7 Å². The number of fused-ring (bicyclic) bond motifs is 4. The third kappa shape index (κ3) is 4.40. The lowest BCUT2D eigenvalue weighted by atomic mass is 9.71. The molecule has 2 aromatic rings. The van der Waals surface area contributed by atoms with Crippen LogP contribution in [-0.2, 0) is 14.3 Å². The lowest BCUT2D eigenvalue weighted by Crippen LogP contribution is -2.50. The van der Waals surface area contributed by atoms with Crippen LogP contribution in [0, 0.1) is 23.7 Å². The lowest BCUT2D eigenvalue weighted by Gasteiger charge is -2.40. The number of alkyl carbamates (subject to hydrolysis) is 1. The molecule has 0 radical (unpaired) electrons. The van der Waals surface area contributed by atoms with Gasteiger partial charge in [0.25, 0.3) is 0 Å². The third-order valence-electron chi connectivity index (χ3n) is 8.07. The minimum absolute atomic E-state index is 0.00572. The number of ether oxygens (including phenoxy) is 1. The van der Waals surface area contributed by atoms with Gasteiger partial charge in [0.05, 0.1) is 0 Å². The first-order valence-corrected chi connectivity index (χ1v) is 12.5. The molecule has 0 bridgehead atoms. The lowest BCUT2D eigenvalue weighted by molar-refractivity contribution is -0.143. The van der Waals surface area contributed by atoms with Gasteiger partial charge in [-0.2, -0.15) is 0 Å². The molecule has 7 heteroatoms. The van der Waals surface area contributed by atoms with Crippen LogP contribution in [0.2, 0.25) is 0 Å². The van der Waals surface area contributed by atoms with Gasteiger partial charge in [0.1, 0.15) is 12.6 Å². The van der Waals surface area contributed by atoms with Crippen LogP contribution in [0.1, 0.15) is 50.2 Å². The Hall–Kier alpha value is -3.35. The third-order valence-corrected chi connectivity index (χ3v) is 8.07. The predicted molar refractivity (Wildman–Crippen MR) is 131 cm³/mol. The van der Waals surface area contributed by atoms with Crippen LogP contribution >= 0.6 is 0 Å². The molecule has 3 aliphatic rings. The SMILES string of the molecule is CC(C)[C@H](NC(=O)C1C[C@H]2C[C@@H](NC(=O)OCC3c4ccccc4-c4ccccc43)[C@H]2C1)C(=O)O. The molecule has 5 rings (SSSR count). The van der Waals surface area contributed by atoms with Crippen molar-refractivity contribution in [3.8, 4) is 11.1 Å². The van der Waals surface area contributed by atoms with Gasteiger partial charge in [-0.05, 0) is 59.3 Å². The van der Waals surface area contributed by atoms with Gasteiger partial charge in [-0.25, -0.2) is 9.59 Å². The van der Waals surface area contributed by atoms with E-state index in [1.165, 1.54) is 22.3 Å². The first-order chi connectivity index (χ1) is 16.8. The van der Waals surface area contributed by atoms with E-state index in [1.807, 2.05) is 24.3 Å². The summed E-state index contributed by atoms with van der Waals surface area (Å²) in [7, 11) is 0. The van der Waals surface area contributed by atoms with Crippen molar-refractivity contribution < 1.29 is 24.2 Å². The van der Waals surface area contributed by atoms with E-state index in [9.17, 15) is 19.5 Å². The molecule has 5 atom stereocenters. The Morgan fingerprint density at radius 3 is 2.20 bits per heavy atom. The molecule has 0 spiro atoms. The number of rotatable bonds is 7. The van der Waals surface area contributed by atoms with Gasteiger partial charge in [0.15, 0.2) is 0 Å². The average Bonchev–Trinajstić information content (AvgIpc) is 3.34.